The number of aromatic amines is 1. The Hall–Kier alpha value is -3.46. The first-order valence-corrected chi connectivity index (χ1v) is 9.67. The van der Waals surface area contributed by atoms with Crippen molar-refractivity contribution < 1.29 is 9.53 Å². The van der Waals surface area contributed by atoms with Crippen molar-refractivity contribution in [2.45, 2.75) is 19.9 Å². The number of rotatable bonds is 7. The number of carbonyl (C=O) groups is 1. The molecule has 2 heterocycles. The Morgan fingerprint density at radius 3 is 2.79 bits per heavy atom. The molecule has 4 aromatic rings. The van der Waals surface area contributed by atoms with E-state index in [0.29, 0.717) is 23.7 Å². The molecule has 9 heteroatoms. The predicted molar refractivity (Wildman–Crippen MR) is 113 cm³/mol. The van der Waals surface area contributed by atoms with E-state index < -0.39 is 0 Å². The third-order valence-corrected chi connectivity index (χ3v) is 4.75. The molecule has 0 unspecified atom stereocenters. The minimum absolute atomic E-state index is 0.145. The van der Waals surface area contributed by atoms with Crippen LogP contribution in [0.1, 0.15) is 13.3 Å². The van der Waals surface area contributed by atoms with Crippen molar-refractivity contribution in [2.24, 2.45) is 0 Å². The molecule has 8 nitrogen and oxygen atoms in total. The van der Waals surface area contributed by atoms with Crippen LogP contribution >= 0.6 is 12.2 Å². The van der Waals surface area contributed by atoms with Gasteiger partial charge in [-0.3, -0.25) is 19.9 Å². The normalized spacial score (nSPS) is 10.9. The molecule has 0 aliphatic heterocycles. The minimum atomic E-state index is -0.145. The molecule has 0 radical (unpaired) electrons. The number of H-pyrrole nitrogens is 1. The number of ether oxygens (including phenoxy) is 1. The maximum absolute atomic E-state index is 12.5. The van der Waals surface area contributed by atoms with Crippen LogP contribution in [0.2, 0.25) is 0 Å². The van der Waals surface area contributed by atoms with Crippen LogP contribution in [0.25, 0.3) is 22.4 Å². The fraction of sp³-hybridized carbons (Fsp3) is 0.200. The maximum Gasteiger partial charge on any atom is 0.240 e. The van der Waals surface area contributed by atoms with Crippen molar-refractivity contribution in [2.75, 3.05) is 12.0 Å². The van der Waals surface area contributed by atoms with E-state index in [1.54, 1.807) is 11.0 Å². The second kappa shape index (κ2) is 8.27. The first-order chi connectivity index (χ1) is 14.2. The van der Waals surface area contributed by atoms with Gasteiger partial charge in [0.2, 0.25) is 5.91 Å². The average Bonchev–Trinajstić information content (AvgIpc) is 3.31. The summed E-state index contributed by atoms with van der Waals surface area (Å²) in [5, 5.41) is 7.12. The zero-order valence-electron chi connectivity index (χ0n) is 15.8. The molecule has 0 bridgehead atoms. The molecule has 148 valence electrons. The van der Waals surface area contributed by atoms with Gasteiger partial charge < -0.3 is 4.74 Å². The summed E-state index contributed by atoms with van der Waals surface area (Å²) in [6.07, 6.45) is 1.84. The fourth-order valence-electron chi connectivity index (χ4n) is 3.06. The number of hydrogen-bond acceptors (Lipinski definition) is 5. The lowest BCUT2D eigenvalue weighted by molar-refractivity contribution is -0.117. The van der Waals surface area contributed by atoms with Crippen LogP contribution in [-0.2, 0) is 11.3 Å². The van der Waals surface area contributed by atoms with Gasteiger partial charge in [-0.15, -0.1) is 0 Å². The number of hydrogen-bond donors (Lipinski definition) is 2. The topological polar surface area (TPSA) is 89.8 Å². The molecule has 0 aliphatic carbocycles. The van der Waals surface area contributed by atoms with E-state index in [-0.39, 0.29) is 12.3 Å². The Kier molecular flexibility index (Phi) is 5.39. The van der Waals surface area contributed by atoms with Crippen molar-refractivity contribution in [1.82, 2.24) is 24.4 Å². The standard InChI is InChI=1S/C20H20N6O2S/c1-2-28-15-9-7-14(8-10-15)19-22-23-20(29)25(19)12-11-18(27)24-26-13-21-16-5-3-4-6-17(16)26/h3-10,13H,2,11-12H2,1H3,(H,23,29)(H,24,27). The van der Waals surface area contributed by atoms with E-state index in [9.17, 15) is 4.79 Å². The molecule has 0 fully saturated rings. The summed E-state index contributed by atoms with van der Waals surface area (Å²) in [5.41, 5.74) is 5.40. The Morgan fingerprint density at radius 2 is 2.00 bits per heavy atom. The van der Waals surface area contributed by atoms with Gasteiger partial charge in [0.25, 0.3) is 0 Å². The average molecular weight is 408 g/mol. The van der Waals surface area contributed by atoms with Crippen molar-refractivity contribution in [1.29, 1.82) is 0 Å². The van der Waals surface area contributed by atoms with Gasteiger partial charge in [0, 0.05) is 18.5 Å². The van der Waals surface area contributed by atoms with Gasteiger partial charge in [-0.25, -0.2) is 9.66 Å². The predicted octanol–water partition coefficient (Wildman–Crippen LogP) is 3.52. The zero-order chi connectivity index (χ0) is 20.2. The van der Waals surface area contributed by atoms with Crippen LogP contribution < -0.4 is 10.2 Å². The fourth-order valence-corrected chi connectivity index (χ4v) is 3.29. The van der Waals surface area contributed by atoms with Crippen molar-refractivity contribution in [3.63, 3.8) is 0 Å². The second-order valence-electron chi connectivity index (χ2n) is 6.35. The maximum atomic E-state index is 12.5. The molecule has 0 saturated heterocycles. The zero-order valence-corrected chi connectivity index (χ0v) is 16.6. The molecule has 0 saturated carbocycles. The molecule has 1 amide bonds. The number of imidazole rings is 1. The number of amides is 1. The third kappa shape index (κ3) is 4.04. The summed E-state index contributed by atoms with van der Waals surface area (Å²) in [5.74, 6) is 1.33. The largest absolute Gasteiger partial charge is 0.494 e. The highest BCUT2D eigenvalue weighted by molar-refractivity contribution is 7.71. The quantitative estimate of drug-likeness (QED) is 0.457. The Labute approximate surface area is 172 Å². The summed E-state index contributed by atoms with van der Waals surface area (Å²) in [6, 6.07) is 15.2. The van der Waals surface area contributed by atoms with Gasteiger partial charge >= 0.3 is 0 Å². The summed E-state index contributed by atoms with van der Waals surface area (Å²) in [6.45, 7) is 2.95. The first kappa shape index (κ1) is 18.9. The number of para-hydroxylation sites is 2. The SMILES string of the molecule is CCOc1ccc(-c2n[nH]c(=S)n2CCC(=O)Nn2cnc3ccccc32)cc1. The van der Waals surface area contributed by atoms with E-state index in [4.69, 9.17) is 17.0 Å². The van der Waals surface area contributed by atoms with E-state index >= 15 is 0 Å². The number of benzene rings is 2. The van der Waals surface area contributed by atoms with Gasteiger partial charge in [-0.1, -0.05) is 12.1 Å². The van der Waals surface area contributed by atoms with Crippen LogP contribution in [-0.4, -0.2) is 36.9 Å². The number of nitrogens with one attached hydrogen (secondary N) is 2. The summed E-state index contributed by atoms with van der Waals surface area (Å²) < 4.78 is 9.38. The molecular formula is C20H20N6O2S. The Balaban J connectivity index is 1.46. The van der Waals surface area contributed by atoms with Gasteiger partial charge in [-0.05, 0) is 55.5 Å². The number of nitrogens with zero attached hydrogens (tertiary/aromatic N) is 4. The molecule has 2 N–H and O–H groups in total. The van der Waals surface area contributed by atoms with Gasteiger partial charge in [-0.2, -0.15) is 5.10 Å². The second-order valence-corrected chi connectivity index (χ2v) is 6.74. The molecule has 0 atom stereocenters. The van der Waals surface area contributed by atoms with Crippen LogP contribution in [0, 0.1) is 4.77 Å². The first-order valence-electron chi connectivity index (χ1n) is 9.26. The lowest BCUT2D eigenvalue weighted by atomic mass is 10.2. The monoisotopic (exact) mass is 408 g/mol. The van der Waals surface area contributed by atoms with Crippen LogP contribution in [0.3, 0.4) is 0 Å². The van der Waals surface area contributed by atoms with E-state index in [0.717, 1.165) is 22.3 Å². The van der Waals surface area contributed by atoms with Gasteiger partial charge in [0.1, 0.15) is 12.1 Å². The number of carbonyl (C=O) groups excluding carboxylic acids is 1. The molecule has 0 aliphatic rings. The summed E-state index contributed by atoms with van der Waals surface area (Å²) >= 11 is 5.34. The van der Waals surface area contributed by atoms with Crippen molar-refractivity contribution >= 4 is 29.2 Å². The molecule has 2 aromatic heterocycles. The highest BCUT2D eigenvalue weighted by Crippen LogP contribution is 2.21. The Morgan fingerprint density at radius 1 is 1.21 bits per heavy atom. The van der Waals surface area contributed by atoms with E-state index in [1.165, 1.54) is 0 Å². The smallest absolute Gasteiger partial charge is 0.240 e. The minimum Gasteiger partial charge on any atom is -0.494 e. The summed E-state index contributed by atoms with van der Waals surface area (Å²) in [4.78, 5) is 16.7. The molecule has 2 aromatic carbocycles. The number of fused-ring (bicyclic) bond motifs is 1. The van der Waals surface area contributed by atoms with E-state index in [2.05, 4.69) is 20.6 Å². The van der Waals surface area contributed by atoms with Crippen LogP contribution in [0.4, 0.5) is 0 Å². The van der Waals surface area contributed by atoms with Crippen LogP contribution in [0.15, 0.2) is 54.9 Å². The molecule has 29 heavy (non-hydrogen) atoms. The molecule has 4 rings (SSSR count). The molecular weight excluding hydrogens is 388 g/mol. The highest BCUT2D eigenvalue weighted by Gasteiger charge is 2.12. The van der Waals surface area contributed by atoms with Gasteiger partial charge in [0.15, 0.2) is 10.6 Å². The molecule has 0 spiro atoms. The van der Waals surface area contributed by atoms with E-state index in [1.807, 2.05) is 60.0 Å². The summed E-state index contributed by atoms with van der Waals surface area (Å²) in [7, 11) is 0. The lowest BCUT2D eigenvalue weighted by Gasteiger charge is -2.09. The van der Waals surface area contributed by atoms with Gasteiger partial charge in [0.05, 0.1) is 17.6 Å². The number of aromatic nitrogens is 5. The van der Waals surface area contributed by atoms with Crippen molar-refractivity contribution in [3.8, 4) is 17.1 Å². The van der Waals surface area contributed by atoms with Crippen LogP contribution in [0.5, 0.6) is 5.75 Å². The lowest BCUT2D eigenvalue weighted by Crippen LogP contribution is -2.23. The third-order valence-electron chi connectivity index (χ3n) is 4.44. The highest BCUT2D eigenvalue weighted by atomic mass is 32.1. The Bertz CT molecular complexity index is 1190. The van der Waals surface area contributed by atoms with Crippen molar-refractivity contribution in [3.05, 3.63) is 59.6 Å².